The molecule has 116 valence electrons. The van der Waals surface area contributed by atoms with Crippen LogP contribution in [0.4, 0.5) is 0 Å². The number of hydrogen-bond donors (Lipinski definition) is 2. The van der Waals surface area contributed by atoms with Crippen LogP contribution in [0.25, 0.3) is 0 Å². The highest BCUT2D eigenvalue weighted by molar-refractivity contribution is 14.0. The number of nitrogens with zero attached hydrogens (tertiary/aromatic N) is 1. The third-order valence-corrected chi connectivity index (χ3v) is 3.24. The summed E-state index contributed by atoms with van der Waals surface area (Å²) in [7, 11) is 0. The number of thioether (sulfide) groups is 1. The minimum absolute atomic E-state index is 0. The van der Waals surface area contributed by atoms with Crippen LogP contribution in [0, 0.1) is 0 Å². The molecule has 0 unspecified atom stereocenters. The van der Waals surface area contributed by atoms with Crippen LogP contribution in [0.5, 0.6) is 0 Å². The highest BCUT2D eigenvalue weighted by Crippen LogP contribution is 1.99. The van der Waals surface area contributed by atoms with E-state index >= 15 is 0 Å². The average Bonchev–Trinajstić information content (AvgIpc) is 2.92. The van der Waals surface area contributed by atoms with Gasteiger partial charge in [-0.25, -0.2) is 0 Å². The fourth-order valence-corrected chi connectivity index (χ4v) is 1.86. The molecule has 0 radical (unpaired) electrons. The highest BCUT2D eigenvalue weighted by Gasteiger charge is 1.99. The first-order valence-corrected chi connectivity index (χ1v) is 8.29. The van der Waals surface area contributed by atoms with Gasteiger partial charge in [0.1, 0.15) is 5.76 Å². The second-order valence-corrected chi connectivity index (χ2v) is 5.25. The maximum absolute atomic E-state index is 5.31. The van der Waals surface area contributed by atoms with Crippen LogP contribution >= 0.6 is 35.7 Å². The quantitative estimate of drug-likeness (QED) is 0.284. The molecule has 4 nitrogen and oxygen atoms in total. The van der Waals surface area contributed by atoms with Crippen LogP contribution in [0.2, 0.25) is 0 Å². The Labute approximate surface area is 143 Å². The molecule has 0 aliphatic rings. The van der Waals surface area contributed by atoms with Crippen LogP contribution in [0.15, 0.2) is 27.8 Å². The molecule has 1 aromatic rings. The Bertz CT molecular complexity index is 344. The first-order chi connectivity index (χ1) is 9.36. The Morgan fingerprint density at radius 1 is 1.35 bits per heavy atom. The predicted octanol–water partition coefficient (Wildman–Crippen LogP) is 3.14. The lowest BCUT2D eigenvalue weighted by molar-refractivity contribution is 0.507. The number of unbranched alkanes of at least 4 members (excludes halogenated alkanes) is 1. The summed E-state index contributed by atoms with van der Waals surface area (Å²) < 4.78 is 5.31. The first-order valence-electron chi connectivity index (χ1n) is 6.90. The minimum Gasteiger partial charge on any atom is -0.469 e. The Morgan fingerprint density at radius 2 is 2.15 bits per heavy atom. The van der Waals surface area contributed by atoms with Crippen LogP contribution in [-0.4, -0.2) is 37.6 Å². The zero-order chi connectivity index (χ0) is 13.8. The van der Waals surface area contributed by atoms with E-state index in [2.05, 4.69) is 28.8 Å². The van der Waals surface area contributed by atoms with Crippen molar-refractivity contribution in [3.8, 4) is 0 Å². The van der Waals surface area contributed by atoms with Crippen molar-refractivity contribution in [1.82, 2.24) is 10.6 Å². The molecule has 6 heteroatoms. The van der Waals surface area contributed by atoms with E-state index in [1.165, 1.54) is 6.42 Å². The first kappa shape index (κ1) is 19.6. The van der Waals surface area contributed by atoms with Crippen LogP contribution < -0.4 is 10.6 Å². The van der Waals surface area contributed by atoms with Gasteiger partial charge in [-0.1, -0.05) is 13.3 Å². The second-order valence-electron chi connectivity index (χ2n) is 4.26. The second kappa shape index (κ2) is 13.6. The van der Waals surface area contributed by atoms with Crippen molar-refractivity contribution >= 4 is 41.7 Å². The largest absolute Gasteiger partial charge is 0.469 e. The molecule has 0 bridgehead atoms. The van der Waals surface area contributed by atoms with Crippen molar-refractivity contribution in [3.05, 3.63) is 24.2 Å². The van der Waals surface area contributed by atoms with E-state index in [9.17, 15) is 0 Å². The van der Waals surface area contributed by atoms with Crippen LogP contribution in [0.1, 0.15) is 25.5 Å². The Hall–Kier alpha value is -0.370. The normalized spacial score (nSPS) is 11.0. The third kappa shape index (κ3) is 9.52. The van der Waals surface area contributed by atoms with Crippen LogP contribution in [0.3, 0.4) is 0 Å². The van der Waals surface area contributed by atoms with Gasteiger partial charge < -0.3 is 15.1 Å². The Morgan fingerprint density at radius 3 is 2.80 bits per heavy atom. The average molecular weight is 411 g/mol. The summed E-state index contributed by atoms with van der Waals surface area (Å²) in [5.74, 6) is 3.01. The van der Waals surface area contributed by atoms with Gasteiger partial charge in [0, 0.05) is 31.8 Å². The topological polar surface area (TPSA) is 49.6 Å². The predicted molar refractivity (Wildman–Crippen MR) is 99.4 cm³/mol. The number of hydrogen-bond acceptors (Lipinski definition) is 3. The van der Waals surface area contributed by atoms with Crippen molar-refractivity contribution < 1.29 is 4.42 Å². The lowest BCUT2D eigenvalue weighted by Gasteiger charge is -2.11. The summed E-state index contributed by atoms with van der Waals surface area (Å²) in [6.07, 6.45) is 7.01. The van der Waals surface area contributed by atoms with E-state index in [4.69, 9.17) is 4.42 Å². The molecule has 0 atom stereocenters. The van der Waals surface area contributed by atoms with E-state index in [0.717, 1.165) is 49.9 Å². The molecule has 20 heavy (non-hydrogen) atoms. The standard InChI is InChI=1S/C14H25N3OS.HI/c1-3-4-8-15-14(17-10-12-19-2)16-9-7-13-6-5-11-18-13;/h5-6,11H,3-4,7-10,12H2,1-2H3,(H2,15,16,17);1H. The summed E-state index contributed by atoms with van der Waals surface area (Å²) >= 11 is 1.83. The lowest BCUT2D eigenvalue weighted by atomic mass is 10.3. The molecule has 0 saturated carbocycles. The molecule has 0 fully saturated rings. The minimum atomic E-state index is 0. The van der Waals surface area contributed by atoms with Gasteiger partial charge in [0.2, 0.25) is 0 Å². The highest BCUT2D eigenvalue weighted by atomic mass is 127. The zero-order valence-corrected chi connectivity index (χ0v) is 15.5. The summed E-state index contributed by atoms with van der Waals surface area (Å²) in [6, 6.07) is 3.92. The molecular weight excluding hydrogens is 385 g/mol. The lowest BCUT2D eigenvalue weighted by Crippen LogP contribution is -2.39. The molecule has 0 spiro atoms. The molecule has 0 saturated heterocycles. The molecular formula is C14H26IN3OS. The van der Waals surface area contributed by atoms with E-state index in [0.29, 0.717) is 0 Å². The SMILES string of the molecule is CCCCN=C(NCCSC)NCCc1ccco1.I. The van der Waals surface area contributed by atoms with Gasteiger partial charge in [-0.3, -0.25) is 4.99 Å². The molecule has 2 N–H and O–H groups in total. The number of guanidine groups is 1. The van der Waals surface area contributed by atoms with Gasteiger partial charge in [-0.15, -0.1) is 24.0 Å². The maximum Gasteiger partial charge on any atom is 0.191 e. The van der Waals surface area contributed by atoms with Crippen molar-refractivity contribution in [2.24, 2.45) is 4.99 Å². The van der Waals surface area contributed by atoms with Crippen molar-refractivity contribution in [2.75, 3.05) is 31.6 Å². The van der Waals surface area contributed by atoms with E-state index in [1.807, 2.05) is 23.9 Å². The monoisotopic (exact) mass is 411 g/mol. The number of aliphatic imine (C=N–C) groups is 1. The number of furan rings is 1. The number of rotatable bonds is 9. The summed E-state index contributed by atoms with van der Waals surface area (Å²) in [6.45, 7) is 4.84. The van der Waals surface area contributed by atoms with Crippen LogP contribution in [-0.2, 0) is 6.42 Å². The van der Waals surface area contributed by atoms with Gasteiger partial charge in [0.15, 0.2) is 5.96 Å². The summed E-state index contributed by atoms with van der Waals surface area (Å²) in [5.41, 5.74) is 0. The van der Waals surface area contributed by atoms with Crippen molar-refractivity contribution in [2.45, 2.75) is 26.2 Å². The van der Waals surface area contributed by atoms with Gasteiger partial charge >= 0.3 is 0 Å². The fourth-order valence-electron chi connectivity index (χ4n) is 1.55. The molecule has 1 heterocycles. The molecule has 0 aliphatic carbocycles. The summed E-state index contributed by atoms with van der Waals surface area (Å²) in [4.78, 5) is 4.56. The van der Waals surface area contributed by atoms with Gasteiger partial charge in [-0.2, -0.15) is 11.8 Å². The molecule has 1 rings (SSSR count). The Balaban J connectivity index is 0.00000361. The molecule has 0 aliphatic heterocycles. The zero-order valence-electron chi connectivity index (χ0n) is 12.4. The fraction of sp³-hybridized carbons (Fsp3) is 0.643. The van der Waals surface area contributed by atoms with E-state index < -0.39 is 0 Å². The molecule has 0 aromatic carbocycles. The van der Waals surface area contributed by atoms with Gasteiger partial charge in [0.05, 0.1) is 6.26 Å². The number of halogens is 1. The van der Waals surface area contributed by atoms with E-state index in [-0.39, 0.29) is 24.0 Å². The molecule has 1 aromatic heterocycles. The van der Waals surface area contributed by atoms with Crippen molar-refractivity contribution in [1.29, 1.82) is 0 Å². The maximum atomic E-state index is 5.31. The van der Waals surface area contributed by atoms with Gasteiger partial charge in [0.25, 0.3) is 0 Å². The smallest absolute Gasteiger partial charge is 0.191 e. The van der Waals surface area contributed by atoms with E-state index in [1.54, 1.807) is 6.26 Å². The van der Waals surface area contributed by atoms with Crippen molar-refractivity contribution in [3.63, 3.8) is 0 Å². The summed E-state index contributed by atoms with van der Waals surface area (Å²) in [5, 5.41) is 6.69. The third-order valence-electron chi connectivity index (χ3n) is 2.62. The Kier molecular flexibility index (Phi) is 13.4. The van der Waals surface area contributed by atoms with Gasteiger partial charge in [-0.05, 0) is 24.8 Å². The number of nitrogens with one attached hydrogen (secondary N) is 2. The molecule has 0 amide bonds.